The lowest BCUT2D eigenvalue weighted by Gasteiger charge is -2.27. The van der Waals surface area contributed by atoms with Crippen LogP contribution in [0.3, 0.4) is 0 Å². The number of carbonyl (C=O) groups is 1. The molecule has 1 fully saturated rings. The summed E-state index contributed by atoms with van der Waals surface area (Å²) in [6.07, 6.45) is 7.40. The van der Waals surface area contributed by atoms with E-state index in [1.807, 2.05) is 0 Å². The Labute approximate surface area is 130 Å². The second kappa shape index (κ2) is 8.32. The third kappa shape index (κ3) is 4.95. The average Bonchev–Trinajstić information content (AvgIpc) is 3.00. The third-order valence-corrected chi connectivity index (χ3v) is 5.12. The number of nitrogens with one attached hydrogen (secondary N) is 2. The smallest absolute Gasteiger partial charge is 0.282 e. The Kier molecular flexibility index (Phi) is 6.42. The van der Waals surface area contributed by atoms with Crippen LogP contribution in [0.4, 0.5) is 5.13 Å². The highest BCUT2D eigenvalue weighted by molar-refractivity contribution is 7.17. The van der Waals surface area contributed by atoms with Crippen LogP contribution in [-0.4, -0.2) is 29.2 Å². The first-order valence-electron chi connectivity index (χ1n) is 8.08. The monoisotopic (exact) mass is 310 g/mol. The van der Waals surface area contributed by atoms with Gasteiger partial charge >= 0.3 is 0 Å². The fourth-order valence-corrected chi connectivity index (χ4v) is 3.46. The minimum absolute atomic E-state index is 0.0883. The second-order valence-corrected chi connectivity index (χ2v) is 6.82. The Hall–Kier alpha value is -1.17. The minimum Gasteiger partial charge on any atom is -0.360 e. The van der Waals surface area contributed by atoms with Crippen molar-refractivity contribution in [3.8, 4) is 0 Å². The van der Waals surface area contributed by atoms with Crippen LogP contribution < -0.4 is 10.6 Å². The molecule has 0 spiro atoms. The van der Waals surface area contributed by atoms with Gasteiger partial charge in [-0.25, -0.2) is 0 Å². The highest BCUT2D eigenvalue weighted by atomic mass is 32.1. The van der Waals surface area contributed by atoms with Gasteiger partial charge in [0.15, 0.2) is 0 Å². The maximum Gasteiger partial charge on any atom is 0.282 e. The van der Waals surface area contributed by atoms with Crippen LogP contribution in [0.15, 0.2) is 0 Å². The van der Waals surface area contributed by atoms with Gasteiger partial charge in [0.25, 0.3) is 5.91 Å². The Morgan fingerprint density at radius 1 is 1.19 bits per heavy atom. The van der Waals surface area contributed by atoms with Crippen LogP contribution in [0.1, 0.15) is 62.2 Å². The van der Waals surface area contributed by atoms with Gasteiger partial charge in [0.05, 0.1) is 0 Å². The van der Waals surface area contributed by atoms with E-state index in [0.29, 0.717) is 10.9 Å². The highest BCUT2D eigenvalue weighted by Crippen LogP contribution is 2.30. The first-order valence-corrected chi connectivity index (χ1v) is 8.90. The lowest BCUT2D eigenvalue weighted by Crippen LogP contribution is -2.31. The molecule has 1 aliphatic carbocycles. The molecule has 0 bridgehead atoms. The van der Waals surface area contributed by atoms with Crippen LogP contribution in [0.25, 0.3) is 0 Å². The highest BCUT2D eigenvalue weighted by Gasteiger charge is 2.21. The molecule has 0 unspecified atom stereocenters. The van der Waals surface area contributed by atoms with Gasteiger partial charge < -0.3 is 10.6 Å². The zero-order chi connectivity index (χ0) is 15.1. The summed E-state index contributed by atoms with van der Waals surface area (Å²) in [6.45, 7) is 5.99. The van der Waals surface area contributed by atoms with Crippen LogP contribution in [0.5, 0.6) is 0 Å². The lowest BCUT2D eigenvalue weighted by molar-refractivity contribution is 0.0940. The Bertz CT molecular complexity index is 441. The van der Waals surface area contributed by atoms with Crippen molar-refractivity contribution in [2.24, 2.45) is 11.8 Å². The Balaban J connectivity index is 1.73. The maximum absolute atomic E-state index is 12.1. The minimum atomic E-state index is -0.0883. The summed E-state index contributed by atoms with van der Waals surface area (Å²) in [7, 11) is 0. The van der Waals surface area contributed by atoms with Crippen molar-refractivity contribution in [2.75, 3.05) is 18.4 Å². The number of aromatic nitrogens is 2. The van der Waals surface area contributed by atoms with E-state index in [-0.39, 0.29) is 5.91 Å². The predicted octanol–water partition coefficient (Wildman–Crippen LogP) is 3.31. The van der Waals surface area contributed by atoms with E-state index in [9.17, 15) is 4.79 Å². The molecule has 1 saturated carbocycles. The molecule has 1 aromatic rings. The van der Waals surface area contributed by atoms with E-state index in [0.717, 1.165) is 30.6 Å². The molecule has 5 nitrogen and oxygen atoms in total. The molecule has 1 aliphatic rings. The van der Waals surface area contributed by atoms with E-state index < -0.39 is 0 Å². The Morgan fingerprint density at radius 2 is 1.90 bits per heavy atom. The molecule has 1 aromatic heterocycles. The predicted molar refractivity (Wildman–Crippen MR) is 86.8 cm³/mol. The SMILES string of the molecule is CCCNc1nnc(C(=O)NCC2CCC(CC)CC2)s1. The number of hydrogen-bond acceptors (Lipinski definition) is 5. The molecular weight excluding hydrogens is 284 g/mol. The zero-order valence-corrected chi connectivity index (χ0v) is 13.8. The van der Waals surface area contributed by atoms with Crippen LogP contribution in [0, 0.1) is 11.8 Å². The van der Waals surface area contributed by atoms with Gasteiger partial charge in [-0.15, -0.1) is 10.2 Å². The molecule has 118 valence electrons. The summed E-state index contributed by atoms with van der Waals surface area (Å²) in [5, 5.41) is 15.3. The van der Waals surface area contributed by atoms with Gasteiger partial charge in [-0.05, 0) is 31.1 Å². The van der Waals surface area contributed by atoms with Crippen LogP contribution in [-0.2, 0) is 0 Å². The van der Waals surface area contributed by atoms with Gasteiger partial charge in [0, 0.05) is 13.1 Å². The molecule has 0 radical (unpaired) electrons. The molecular formula is C15H26N4OS. The quantitative estimate of drug-likeness (QED) is 0.811. The summed E-state index contributed by atoms with van der Waals surface area (Å²) in [6, 6.07) is 0. The molecule has 0 saturated heterocycles. The second-order valence-electron chi connectivity index (χ2n) is 5.84. The fraction of sp³-hybridized carbons (Fsp3) is 0.800. The Morgan fingerprint density at radius 3 is 2.57 bits per heavy atom. The van der Waals surface area contributed by atoms with Gasteiger partial charge in [-0.2, -0.15) is 0 Å². The van der Waals surface area contributed by atoms with E-state index in [4.69, 9.17) is 0 Å². The molecule has 2 N–H and O–H groups in total. The van der Waals surface area contributed by atoms with Crippen molar-refractivity contribution in [1.29, 1.82) is 0 Å². The van der Waals surface area contributed by atoms with Gasteiger partial charge in [-0.1, -0.05) is 44.4 Å². The van der Waals surface area contributed by atoms with E-state index >= 15 is 0 Å². The van der Waals surface area contributed by atoms with E-state index in [1.165, 1.54) is 43.4 Å². The molecule has 0 aliphatic heterocycles. The van der Waals surface area contributed by atoms with Crippen molar-refractivity contribution in [3.05, 3.63) is 5.01 Å². The average molecular weight is 310 g/mol. The number of nitrogens with zero attached hydrogens (tertiary/aromatic N) is 2. The number of anilines is 1. The van der Waals surface area contributed by atoms with Crippen molar-refractivity contribution in [3.63, 3.8) is 0 Å². The summed E-state index contributed by atoms with van der Waals surface area (Å²) >= 11 is 1.33. The first-order chi connectivity index (χ1) is 10.2. The van der Waals surface area contributed by atoms with Crippen molar-refractivity contribution in [1.82, 2.24) is 15.5 Å². The van der Waals surface area contributed by atoms with Crippen molar-refractivity contribution < 1.29 is 4.79 Å². The van der Waals surface area contributed by atoms with Crippen molar-refractivity contribution in [2.45, 2.75) is 52.4 Å². The summed E-state index contributed by atoms with van der Waals surface area (Å²) in [5.74, 6) is 1.43. The number of hydrogen-bond donors (Lipinski definition) is 2. The summed E-state index contributed by atoms with van der Waals surface area (Å²) in [5.41, 5.74) is 0. The first kappa shape index (κ1) is 16.2. The van der Waals surface area contributed by atoms with Gasteiger partial charge in [-0.3, -0.25) is 4.79 Å². The summed E-state index contributed by atoms with van der Waals surface area (Å²) < 4.78 is 0. The summed E-state index contributed by atoms with van der Waals surface area (Å²) in [4.78, 5) is 12.1. The lowest BCUT2D eigenvalue weighted by atomic mass is 9.81. The molecule has 21 heavy (non-hydrogen) atoms. The number of rotatable bonds is 7. The van der Waals surface area contributed by atoms with Crippen LogP contribution in [0.2, 0.25) is 0 Å². The van der Waals surface area contributed by atoms with Gasteiger partial charge in [0.2, 0.25) is 10.1 Å². The normalized spacial score (nSPS) is 22.0. The standard InChI is InChI=1S/C15H26N4OS/c1-3-9-16-15-19-18-14(21-15)13(20)17-10-12-7-5-11(4-2)6-8-12/h11-12H,3-10H2,1-2H3,(H,16,19)(H,17,20). The molecule has 1 amide bonds. The third-order valence-electron chi connectivity index (χ3n) is 4.24. The topological polar surface area (TPSA) is 66.9 Å². The van der Waals surface area contributed by atoms with Crippen LogP contribution >= 0.6 is 11.3 Å². The fourth-order valence-electron chi connectivity index (χ4n) is 2.77. The largest absolute Gasteiger partial charge is 0.360 e. The van der Waals surface area contributed by atoms with E-state index in [2.05, 4.69) is 34.7 Å². The maximum atomic E-state index is 12.1. The zero-order valence-electron chi connectivity index (χ0n) is 13.0. The molecule has 0 atom stereocenters. The van der Waals surface area contributed by atoms with Crippen molar-refractivity contribution >= 4 is 22.4 Å². The molecule has 1 heterocycles. The number of carbonyl (C=O) groups excluding carboxylic acids is 1. The van der Waals surface area contributed by atoms with E-state index in [1.54, 1.807) is 0 Å². The molecule has 6 heteroatoms. The molecule has 0 aromatic carbocycles. The molecule has 2 rings (SSSR count). The van der Waals surface area contributed by atoms with Gasteiger partial charge in [0.1, 0.15) is 0 Å². The number of amides is 1.